The van der Waals surface area contributed by atoms with E-state index < -0.39 is 0 Å². The van der Waals surface area contributed by atoms with E-state index in [1.54, 1.807) is 0 Å². The van der Waals surface area contributed by atoms with Gasteiger partial charge in [-0.25, -0.2) is 0 Å². The van der Waals surface area contributed by atoms with Gasteiger partial charge in [-0.2, -0.15) is 0 Å². The number of thioether (sulfide) groups is 1. The Balaban J connectivity index is 1.72. The molecule has 1 aliphatic carbocycles. The minimum atomic E-state index is 0.751. The molecule has 2 rings (SSSR count). The van der Waals surface area contributed by atoms with E-state index in [0.29, 0.717) is 0 Å². The van der Waals surface area contributed by atoms with Gasteiger partial charge in [0.15, 0.2) is 0 Å². The van der Waals surface area contributed by atoms with Crippen molar-refractivity contribution < 1.29 is 0 Å². The summed E-state index contributed by atoms with van der Waals surface area (Å²) in [4.78, 5) is 0. The van der Waals surface area contributed by atoms with Gasteiger partial charge < -0.3 is 5.32 Å². The minimum absolute atomic E-state index is 0.751. The standard InChI is InChI=1S/C10H19NS/c1-8-7-12-10(11-8)6-9-4-2-3-5-9/h8-11H,2-7H2,1H3. The Labute approximate surface area is 79.7 Å². The minimum Gasteiger partial charge on any atom is -0.302 e. The second-order valence-electron chi connectivity index (χ2n) is 4.28. The fourth-order valence-corrected chi connectivity index (χ4v) is 3.71. The molecular weight excluding hydrogens is 166 g/mol. The zero-order valence-corrected chi connectivity index (χ0v) is 8.70. The van der Waals surface area contributed by atoms with Gasteiger partial charge in [-0.15, -0.1) is 11.8 Å². The summed E-state index contributed by atoms with van der Waals surface area (Å²) in [7, 11) is 0. The zero-order chi connectivity index (χ0) is 8.39. The molecule has 0 radical (unpaired) electrons. The predicted molar refractivity (Wildman–Crippen MR) is 55.4 cm³/mol. The summed E-state index contributed by atoms with van der Waals surface area (Å²) in [6.07, 6.45) is 7.38. The summed E-state index contributed by atoms with van der Waals surface area (Å²) in [6.45, 7) is 2.29. The molecule has 2 aliphatic rings. The van der Waals surface area contributed by atoms with Crippen molar-refractivity contribution in [3.8, 4) is 0 Å². The lowest BCUT2D eigenvalue weighted by molar-refractivity contribution is 0.452. The van der Waals surface area contributed by atoms with Crippen LogP contribution in [0.25, 0.3) is 0 Å². The first-order chi connectivity index (χ1) is 5.84. The molecule has 1 N–H and O–H groups in total. The van der Waals surface area contributed by atoms with Gasteiger partial charge in [0, 0.05) is 11.8 Å². The number of nitrogens with one attached hydrogen (secondary N) is 1. The highest BCUT2D eigenvalue weighted by Gasteiger charge is 2.25. The van der Waals surface area contributed by atoms with Crippen molar-refractivity contribution in [2.75, 3.05) is 5.75 Å². The fourth-order valence-electron chi connectivity index (χ4n) is 2.36. The van der Waals surface area contributed by atoms with Crippen molar-refractivity contribution in [3.05, 3.63) is 0 Å². The van der Waals surface area contributed by atoms with Crippen molar-refractivity contribution in [1.82, 2.24) is 5.32 Å². The first-order valence-corrected chi connectivity index (χ1v) is 6.27. The molecule has 0 amide bonds. The number of hydrogen-bond acceptors (Lipinski definition) is 2. The average Bonchev–Trinajstić information content (AvgIpc) is 2.63. The maximum atomic E-state index is 3.64. The molecule has 1 aliphatic heterocycles. The second kappa shape index (κ2) is 4.01. The third kappa shape index (κ3) is 2.17. The monoisotopic (exact) mass is 185 g/mol. The third-order valence-electron chi connectivity index (χ3n) is 3.04. The highest BCUT2D eigenvalue weighted by molar-refractivity contribution is 8.00. The highest BCUT2D eigenvalue weighted by Crippen LogP contribution is 2.33. The van der Waals surface area contributed by atoms with Crippen LogP contribution in [0.15, 0.2) is 0 Å². The molecule has 0 spiro atoms. The van der Waals surface area contributed by atoms with Crippen LogP contribution in [0.5, 0.6) is 0 Å². The van der Waals surface area contributed by atoms with Crippen molar-refractivity contribution in [3.63, 3.8) is 0 Å². The fraction of sp³-hybridized carbons (Fsp3) is 1.00. The van der Waals surface area contributed by atoms with Crippen LogP contribution in [-0.2, 0) is 0 Å². The van der Waals surface area contributed by atoms with Crippen LogP contribution in [0, 0.1) is 5.92 Å². The molecule has 2 unspecified atom stereocenters. The summed E-state index contributed by atoms with van der Waals surface area (Å²) in [5.41, 5.74) is 0. The van der Waals surface area contributed by atoms with Crippen molar-refractivity contribution in [1.29, 1.82) is 0 Å². The molecule has 1 heterocycles. The van der Waals surface area contributed by atoms with Crippen molar-refractivity contribution in [2.45, 2.75) is 50.4 Å². The Morgan fingerprint density at radius 2 is 2.08 bits per heavy atom. The Hall–Kier alpha value is 0.310. The quantitative estimate of drug-likeness (QED) is 0.710. The number of rotatable bonds is 2. The van der Waals surface area contributed by atoms with Crippen LogP contribution in [0.2, 0.25) is 0 Å². The van der Waals surface area contributed by atoms with Crippen LogP contribution in [0.3, 0.4) is 0 Å². The highest BCUT2D eigenvalue weighted by atomic mass is 32.2. The normalized spacial score (nSPS) is 37.8. The lowest BCUT2D eigenvalue weighted by Gasteiger charge is -2.15. The molecule has 0 bridgehead atoms. The van der Waals surface area contributed by atoms with Gasteiger partial charge in [-0.1, -0.05) is 25.7 Å². The van der Waals surface area contributed by atoms with Gasteiger partial charge in [0.1, 0.15) is 0 Å². The van der Waals surface area contributed by atoms with Gasteiger partial charge in [0.2, 0.25) is 0 Å². The molecular formula is C10H19NS. The summed E-state index contributed by atoms with van der Waals surface area (Å²) in [5.74, 6) is 2.36. The smallest absolute Gasteiger partial charge is 0.0537 e. The lowest BCUT2D eigenvalue weighted by atomic mass is 10.0. The summed E-state index contributed by atoms with van der Waals surface area (Å²) < 4.78 is 0. The molecule has 0 aromatic carbocycles. The van der Waals surface area contributed by atoms with Crippen LogP contribution in [0.1, 0.15) is 39.0 Å². The van der Waals surface area contributed by atoms with Gasteiger partial charge >= 0.3 is 0 Å². The molecule has 70 valence electrons. The van der Waals surface area contributed by atoms with E-state index in [4.69, 9.17) is 0 Å². The van der Waals surface area contributed by atoms with E-state index in [-0.39, 0.29) is 0 Å². The summed E-state index contributed by atoms with van der Waals surface area (Å²) >= 11 is 2.13. The van der Waals surface area contributed by atoms with Crippen molar-refractivity contribution in [2.24, 2.45) is 5.92 Å². The van der Waals surface area contributed by atoms with Gasteiger partial charge in [0.05, 0.1) is 5.37 Å². The Kier molecular flexibility index (Phi) is 2.97. The maximum absolute atomic E-state index is 3.64. The van der Waals surface area contributed by atoms with E-state index in [2.05, 4.69) is 24.0 Å². The Morgan fingerprint density at radius 1 is 1.33 bits per heavy atom. The second-order valence-corrected chi connectivity index (χ2v) is 5.51. The Morgan fingerprint density at radius 3 is 2.67 bits per heavy atom. The predicted octanol–water partition coefficient (Wildman–Crippen LogP) is 2.62. The Bertz CT molecular complexity index is 143. The summed E-state index contributed by atoms with van der Waals surface area (Å²) in [5, 5.41) is 4.42. The molecule has 2 fully saturated rings. The van der Waals surface area contributed by atoms with E-state index in [0.717, 1.165) is 17.3 Å². The van der Waals surface area contributed by atoms with Crippen LogP contribution in [0.4, 0.5) is 0 Å². The molecule has 2 heteroatoms. The third-order valence-corrected chi connectivity index (χ3v) is 4.46. The van der Waals surface area contributed by atoms with Crippen LogP contribution < -0.4 is 5.32 Å². The average molecular weight is 185 g/mol. The van der Waals surface area contributed by atoms with Crippen molar-refractivity contribution >= 4 is 11.8 Å². The van der Waals surface area contributed by atoms with E-state index in [1.165, 1.54) is 37.9 Å². The number of hydrogen-bond donors (Lipinski definition) is 1. The molecule has 1 nitrogen and oxygen atoms in total. The molecule has 0 aromatic heterocycles. The topological polar surface area (TPSA) is 12.0 Å². The van der Waals surface area contributed by atoms with E-state index >= 15 is 0 Å². The van der Waals surface area contributed by atoms with Gasteiger partial charge in [-0.05, 0) is 19.3 Å². The van der Waals surface area contributed by atoms with E-state index in [9.17, 15) is 0 Å². The molecule has 2 atom stereocenters. The zero-order valence-electron chi connectivity index (χ0n) is 7.88. The molecule has 0 aromatic rings. The van der Waals surface area contributed by atoms with Crippen LogP contribution in [-0.4, -0.2) is 17.2 Å². The van der Waals surface area contributed by atoms with Gasteiger partial charge in [-0.3, -0.25) is 0 Å². The van der Waals surface area contributed by atoms with E-state index in [1.807, 2.05) is 0 Å². The lowest BCUT2D eigenvalue weighted by Crippen LogP contribution is -2.28. The maximum Gasteiger partial charge on any atom is 0.0537 e. The first-order valence-electron chi connectivity index (χ1n) is 5.22. The molecule has 12 heavy (non-hydrogen) atoms. The first kappa shape index (κ1) is 8.89. The molecule has 1 saturated heterocycles. The van der Waals surface area contributed by atoms with Crippen LogP contribution >= 0.6 is 11.8 Å². The largest absolute Gasteiger partial charge is 0.302 e. The summed E-state index contributed by atoms with van der Waals surface area (Å²) in [6, 6.07) is 0.751. The molecule has 1 saturated carbocycles. The SMILES string of the molecule is CC1CSC(CC2CCCC2)N1. The van der Waals surface area contributed by atoms with Gasteiger partial charge in [0.25, 0.3) is 0 Å².